The third-order valence-corrected chi connectivity index (χ3v) is 6.24. The standard InChI is InChI=1S/C19H34N2O.ClH/c1-2-15-3-6-17(7-4-15)21(18-8-9-18)19(22)10-5-16-11-13-20-14-12-16;/h15-18,20H,2-14H2,1H3;1H. The summed E-state index contributed by atoms with van der Waals surface area (Å²) in [7, 11) is 0. The van der Waals surface area contributed by atoms with Gasteiger partial charge in [-0.05, 0) is 82.7 Å². The van der Waals surface area contributed by atoms with Crippen LogP contribution in [0, 0.1) is 11.8 Å². The molecule has 3 nitrogen and oxygen atoms in total. The molecule has 0 atom stereocenters. The van der Waals surface area contributed by atoms with Gasteiger partial charge in [-0.15, -0.1) is 12.4 Å². The molecule has 0 spiro atoms. The van der Waals surface area contributed by atoms with Crippen LogP contribution in [0.4, 0.5) is 0 Å². The molecule has 134 valence electrons. The average Bonchev–Trinajstić information content (AvgIpc) is 3.40. The highest BCUT2D eigenvalue weighted by molar-refractivity contribution is 5.85. The summed E-state index contributed by atoms with van der Waals surface area (Å²) in [5, 5.41) is 3.42. The van der Waals surface area contributed by atoms with Crippen LogP contribution < -0.4 is 5.32 Å². The molecule has 2 aliphatic carbocycles. The highest BCUT2D eigenvalue weighted by Gasteiger charge is 2.38. The Kier molecular flexibility index (Phi) is 7.68. The summed E-state index contributed by atoms with van der Waals surface area (Å²) in [6, 6.07) is 1.17. The number of hydrogen-bond acceptors (Lipinski definition) is 2. The zero-order chi connectivity index (χ0) is 15.4. The number of carbonyl (C=O) groups is 1. The number of nitrogens with one attached hydrogen (secondary N) is 1. The fraction of sp³-hybridized carbons (Fsp3) is 0.947. The van der Waals surface area contributed by atoms with Crippen LogP contribution in [0.3, 0.4) is 0 Å². The minimum absolute atomic E-state index is 0. The fourth-order valence-electron chi connectivity index (χ4n) is 4.52. The van der Waals surface area contributed by atoms with Gasteiger partial charge in [-0.3, -0.25) is 4.79 Å². The van der Waals surface area contributed by atoms with Crippen molar-refractivity contribution in [2.75, 3.05) is 13.1 Å². The third-order valence-electron chi connectivity index (χ3n) is 6.24. The van der Waals surface area contributed by atoms with Gasteiger partial charge in [0.05, 0.1) is 0 Å². The highest BCUT2D eigenvalue weighted by atomic mass is 35.5. The van der Waals surface area contributed by atoms with E-state index in [4.69, 9.17) is 0 Å². The predicted octanol–water partition coefficient (Wildman–Crippen LogP) is 4.15. The van der Waals surface area contributed by atoms with Crippen molar-refractivity contribution in [2.24, 2.45) is 11.8 Å². The Balaban J connectivity index is 0.00000192. The first-order chi connectivity index (χ1) is 10.8. The molecular weight excluding hydrogens is 308 g/mol. The molecule has 1 heterocycles. The lowest BCUT2D eigenvalue weighted by Gasteiger charge is -2.37. The van der Waals surface area contributed by atoms with Crippen LogP contribution >= 0.6 is 12.4 Å². The van der Waals surface area contributed by atoms with Gasteiger partial charge >= 0.3 is 0 Å². The van der Waals surface area contributed by atoms with Gasteiger partial charge in [-0.2, -0.15) is 0 Å². The largest absolute Gasteiger partial charge is 0.337 e. The predicted molar refractivity (Wildman–Crippen MR) is 98.0 cm³/mol. The molecule has 2 saturated carbocycles. The van der Waals surface area contributed by atoms with Gasteiger partial charge in [0.15, 0.2) is 0 Å². The topological polar surface area (TPSA) is 32.3 Å². The van der Waals surface area contributed by atoms with E-state index in [-0.39, 0.29) is 12.4 Å². The first kappa shape index (κ1) is 19.1. The van der Waals surface area contributed by atoms with E-state index < -0.39 is 0 Å². The minimum Gasteiger partial charge on any atom is -0.337 e. The Morgan fingerprint density at radius 3 is 2.00 bits per heavy atom. The second kappa shape index (κ2) is 9.27. The molecule has 3 aliphatic rings. The molecule has 23 heavy (non-hydrogen) atoms. The molecule has 0 unspecified atom stereocenters. The van der Waals surface area contributed by atoms with E-state index in [9.17, 15) is 4.79 Å². The quantitative estimate of drug-likeness (QED) is 0.786. The average molecular weight is 343 g/mol. The maximum absolute atomic E-state index is 12.8. The van der Waals surface area contributed by atoms with Crippen LogP contribution in [0.5, 0.6) is 0 Å². The van der Waals surface area contributed by atoms with Crippen LogP contribution in [-0.2, 0) is 4.79 Å². The number of piperidine rings is 1. The molecule has 3 rings (SSSR count). The van der Waals surface area contributed by atoms with Crippen molar-refractivity contribution in [3.8, 4) is 0 Å². The molecular formula is C19H35ClN2O. The van der Waals surface area contributed by atoms with Gasteiger partial charge < -0.3 is 10.2 Å². The van der Waals surface area contributed by atoms with Crippen molar-refractivity contribution in [2.45, 2.75) is 89.6 Å². The van der Waals surface area contributed by atoms with E-state index in [2.05, 4.69) is 17.1 Å². The van der Waals surface area contributed by atoms with Crippen molar-refractivity contribution in [3.63, 3.8) is 0 Å². The summed E-state index contributed by atoms with van der Waals surface area (Å²) < 4.78 is 0. The maximum atomic E-state index is 12.8. The van der Waals surface area contributed by atoms with Crippen molar-refractivity contribution in [1.29, 1.82) is 0 Å². The first-order valence-electron chi connectivity index (χ1n) is 9.79. The Bertz CT molecular complexity index is 358. The molecule has 3 fully saturated rings. The lowest BCUT2D eigenvalue weighted by atomic mass is 9.83. The van der Waals surface area contributed by atoms with Crippen molar-refractivity contribution in [1.82, 2.24) is 10.2 Å². The Labute approximate surface area is 148 Å². The van der Waals surface area contributed by atoms with Gasteiger partial charge in [0.1, 0.15) is 0 Å². The Morgan fingerprint density at radius 1 is 0.913 bits per heavy atom. The van der Waals surface area contributed by atoms with E-state index in [1.54, 1.807) is 0 Å². The fourth-order valence-corrected chi connectivity index (χ4v) is 4.52. The van der Waals surface area contributed by atoms with Crippen LogP contribution in [0.2, 0.25) is 0 Å². The number of hydrogen-bond donors (Lipinski definition) is 1. The number of halogens is 1. The maximum Gasteiger partial charge on any atom is 0.223 e. The molecule has 0 aromatic heterocycles. The van der Waals surface area contributed by atoms with Crippen molar-refractivity contribution < 1.29 is 4.79 Å². The molecule has 4 heteroatoms. The lowest BCUT2D eigenvalue weighted by molar-refractivity contribution is -0.135. The summed E-state index contributed by atoms with van der Waals surface area (Å²) in [4.78, 5) is 15.2. The Morgan fingerprint density at radius 2 is 1.48 bits per heavy atom. The van der Waals surface area contributed by atoms with E-state index in [0.29, 0.717) is 18.0 Å². The lowest BCUT2D eigenvalue weighted by Crippen LogP contribution is -2.44. The second-order valence-electron chi connectivity index (χ2n) is 7.85. The second-order valence-corrected chi connectivity index (χ2v) is 7.85. The van der Waals surface area contributed by atoms with E-state index in [0.717, 1.165) is 37.8 Å². The molecule has 0 aromatic carbocycles. The summed E-state index contributed by atoms with van der Waals surface area (Å²) in [6.45, 7) is 4.60. The minimum atomic E-state index is 0. The molecule has 1 N–H and O–H groups in total. The van der Waals surface area contributed by atoms with E-state index in [1.165, 1.54) is 57.8 Å². The molecule has 0 aromatic rings. The summed E-state index contributed by atoms with van der Waals surface area (Å²) in [6.07, 6.45) is 13.5. The van der Waals surface area contributed by atoms with Gasteiger partial charge in [-0.1, -0.05) is 13.3 Å². The summed E-state index contributed by atoms with van der Waals surface area (Å²) in [5.74, 6) is 2.17. The van der Waals surface area contributed by atoms with Crippen LogP contribution in [0.1, 0.15) is 77.6 Å². The number of rotatable bonds is 6. The molecule has 0 radical (unpaired) electrons. The number of amides is 1. The normalized spacial score (nSPS) is 28.9. The van der Waals surface area contributed by atoms with Crippen molar-refractivity contribution >= 4 is 18.3 Å². The smallest absolute Gasteiger partial charge is 0.223 e. The summed E-state index contributed by atoms with van der Waals surface area (Å²) >= 11 is 0. The van der Waals surface area contributed by atoms with Gasteiger partial charge in [0.2, 0.25) is 5.91 Å². The zero-order valence-corrected chi connectivity index (χ0v) is 15.6. The van der Waals surface area contributed by atoms with Crippen LogP contribution in [0.25, 0.3) is 0 Å². The van der Waals surface area contributed by atoms with Gasteiger partial charge in [0, 0.05) is 18.5 Å². The van der Waals surface area contributed by atoms with Crippen LogP contribution in [-0.4, -0.2) is 36.0 Å². The zero-order valence-electron chi connectivity index (χ0n) is 14.8. The molecule has 0 bridgehead atoms. The van der Waals surface area contributed by atoms with E-state index >= 15 is 0 Å². The third kappa shape index (κ3) is 5.35. The number of carbonyl (C=O) groups excluding carboxylic acids is 1. The van der Waals surface area contributed by atoms with E-state index in [1.807, 2.05) is 0 Å². The van der Waals surface area contributed by atoms with Gasteiger partial charge in [-0.25, -0.2) is 0 Å². The van der Waals surface area contributed by atoms with Crippen molar-refractivity contribution in [3.05, 3.63) is 0 Å². The highest BCUT2D eigenvalue weighted by Crippen LogP contribution is 2.37. The monoisotopic (exact) mass is 342 g/mol. The number of nitrogens with zero attached hydrogens (tertiary/aromatic N) is 1. The molecule has 1 amide bonds. The van der Waals surface area contributed by atoms with Gasteiger partial charge in [0.25, 0.3) is 0 Å². The molecule has 1 saturated heterocycles. The first-order valence-corrected chi connectivity index (χ1v) is 9.79. The SMILES string of the molecule is CCC1CCC(N(C(=O)CCC2CCNCC2)C2CC2)CC1.Cl. The summed E-state index contributed by atoms with van der Waals surface area (Å²) in [5.41, 5.74) is 0. The van der Waals surface area contributed by atoms with Crippen LogP contribution in [0.15, 0.2) is 0 Å². The Hall–Kier alpha value is -0.280. The molecule has 1 aliphatic heterocycles.